The molecule has 0 radical (unpaired) electrons. The van der Waals surface area contributed by atoms with Gasteiger partial charge in [0.25, 0.3) is 0 Å². The first-order valence-electron chi connectivity index (χ1n) is 10.5. The predicted octanol–water partition coefficient (Wildman–Crippen LogP) is 5.31. The average Bonchev–Trinajstić information content (AvgIpc) is 3.49. The molecule has 0 saturated carbocycles. The molecule has 1 saturated heterocycles. The molecule has 1 unspecified atom stereocenters. The number of hydrogen-bond acceptors (Lipinski definition) is 7. The van der Waals surface area contributed by atoms with Crippen LogP contribution >= 0.6 is 11.5 Å². The van der Waals surface area contributed by atoms with Crippen molar-refractivity contribution < 1.29 is 0 Å². The maximum Gasteiger partial charge on any atom is 0.312 e. The molecule has 1 atom stereocenters. The highest BCUT2D eigenvalue weighted by molar-refractivity contribution is 7.10. The van der Waals surface area contributed by atoms with E-state index in [1.165, 1.54) is 11.5 Å². The van der Waals surface area contributed by atoms with E-state index in [2.05, 4.69) is 46.5 Å². The Labute approximate surface area is 190 Å². The number of H-pyrrole nitrogens is 1. The van der Waals surface area contributed by atoms with Gasteiger partial charge in [-0.1, -0.05) is 36.9 Å². The van der Waals surface area contributed by atoms with Crippen LogP contribution in [-0.2, 0) is 0 Å². The first-order valence-corrected chi connectivity index (χ1v) is 11.3. The lowest BCUT2D eigenvalue weighted by atomic mass is 9.97. The largest absolute Gasteiger partial charge is 0.358 e. The summed E-state index contributed by atoms with van der Waals surface area (Å²) >= 11 is 1.35. The second-order valence-corrected chi connectivity index (χ2v) is 8.61. The molecule has 5 rings (SSSR count). The van der Waals surface area contributed by atoms with Crippen molar-refractivity contribution in [1.82, 2.24) is 24.3 Å². The lowest BCUT2D eigenvalue weighted by Gasteiger charge is -2.32. The van der Waals surface area contributed by atoms with Gasteiger partial charge in [0.15, 0.2) is 17.8 Å². The molecule has 32 heavy (non-hydrogen) atoms. The van der Waals surface area contributed by atoms with Gasteiger partial charge in [-0.15, -0.1) is 4.98 Å². The molecule has 2 N–H and O–H groups in total. The van der Waals surface area contributed by atoms with E-state index in [1.807, 2.05) is 37.4 Å². The Bertz CT molecular complexity index is 1260. The fourth-order valence-corrected chi connectivity index (χ4v) is 4.61. The van der Waals surface area contributed by atoms with Crippen molar-refractivity contribution in [3.05, 3.63) is 71.7 Å². The normalized spacial score (nSPS) is 16.0. The second kappa shape index (κ2) is 8.77. The van der Waals surface area contributed by atoms with Crippen molar-refractivity contribution in [1.29, 1.82) is 0 Å². The van der Waals surface area contributed by atoms with Gasteiger partial charge in [-0.3, -0.25) is 0 Å². The molecular formula is C23H22N8S. The Hall–Kier alpha value is -3.77. The van der Waals surface area contributed by atoms with E-state index < -0.39 is 0 Å². The minimum atomic E-state index is 0.256. The molecule has 9 heteroatoms. The average molecular weight is 443 g/mol. The van der Waals surface area contributed by atoms with E-state index in [0.717, 1.165) is 59.5 Å². The molecule has 1 fully saturated rings. The zero-order chi connectivity index (χ0) is 21.9. The highest BCUT2D eigenvalue weighted by Crippen LogP contribution is 2.32. The summed E-state index contributed by atoms with van der Waals surface area (Å²) in [4.78, 5) is 23.0. The molecule has 4 heterocycles. The monoisotopic (exact) mass is 442 g/mol. The molecule has 3 aromatic heterocycles. The number of anilines is 3. The molecule has 1 aromatic carbocycles. The number of benzene rings is 1. The Morgan fingerprint density at radius 1 is 1.22 bits per heavy atom. The number of hydrogen-bond donors (Lipinski definition) is 2. The molecule has 1 aliphatic heterocycles. The van der Waals surface area contributed by atoms with Crippen LogP contribution in [0.5, 0.6) is 0 Å². The molecule has 160 valence electrons. The zero-order valence-electron chi connectivity index (χ0n) is 17.6. The highest BCUT2D eigenvalue weighted by Gasteiger charge is 2.26. The third-order valence-corrected chi connectivity index (χ3v) is 6.32. The Balaban J connectivity index is 1.36. The van der Waals surface area contributed by atoms with Crippen LogP contribution in [0.4, 0.5) is 22.5 Å². The number of piperidine rings is 1. The summed E-state index contributed by atoms with van der Waals surface area (Å²) < 4.78 is 4.28. The number of aryl methyl sites for hydroxylation is 1. The summed E-state index contributed by atoms with van der Waals surface area (Å²) in [5.74, 6) is 2.77. The van der Waals surface area contributed by atoms with E-state index in [0.29, 0.717) is 5.82 Å². The first kappa shape index (κ1) is 20.2. The minimum Gasteiger partial charge on any atom is -0.358 e. The number of imidazole rings is 1. The van der Waals surface area contributed by atoms with Crippen molar-refractivity contribution >= 4 is 34.0 Å². The van der Waals surface area contributed by atoms with Gasteiger partial charge in [-0.2, -0.15) is 4.37 Å². The van der Waals surface area contributed by atoms with Gasteiger partial charge < -0.3 is 20.0 Å². The number of nitrogens with zero attached hydrogens (tertiary/aromatic N) is 6. The fourth-order valence-electron chi connectivity index (χ4n) is 3.95. The summed E-state index contributed by atoms with van der Waals surface area (Å²) in [5.41, 5.74) is 3.09. The summed E-state index contributed by atoms with van der Waals surface area (Å²) in [6.07, 6.45) is 5.70. The lowest BCUT2D eigenvalue weighted by Crippen LogP contribution is -2.35. The summed E-state index contributed by atoms with van der Waals surface area (Å²) in [6, 6.07) is 12.2. The van der Waals surface area contributed by atoms with Crippen molar-refractivity contribution in [2.45, 2.75) is 25.7 Å². The highest BCUT2D eigenvalue weighted by atomic mass is 32.1. The maximum absolute atomic E-state index is 7.43. The van der Waals surface area contributed by atoms with Crippen LogP contribution in [0.3, 0.4) is 0 Å². The van der Waals surface area contributed by atoms with Crippen LogP contribution < -0.4 is 10.2 Å². The smallest absolute Gasteiger partial charge is 0.312 e. The summed E-state index contributed by atoms with van der Waals surface area (Å²) in [7, 11) is 0. The standard InChI is InChI=1S/C23H22N8S/c1-15-11-20(32-30-15)29-23-22(24-2)26-13-19(28-23)31-10-6-9-17(14-31)21-25-12-18(27-21)16-7-4-3-5-8-16/h3-5,7-8,11-13,17H,6,9-10,14H2,1H3,(H,25,27)(H,28,29). The van der Waals surface area contributed by atoms with Crippen LogP contribution in [0.2, 0.25) is 0 Å². The van der Waals surface area contributed by atoms with E-state index in [-0.39, 0.29) is 11.7 Å². The Morgan fingerprint density at radius 3 is 2.88 bits per heavy atom. The third-order valence-electron chi connectivity index (χ3n) is 5.53. The molecular weight excluding hydrogens is 420 g/mol. The van der Waals surface area contributed by atoms with Crippen molar-refractivity contribution in [2.24, 2.45) is 0 Å². The quantitative estimate of drug-likeness (QED) is 0.407. The van der Waals surface area contributed by atoms with E-state index in [9.17, 15) is 0 Å². The Morgan fingerprint density at radius 2 is 2.09 bits per heavy atom. The first-order chi connectivity index (χ1) is 15.7. The SMILES string of the molecule is [C-]#[N+]c1ncc(N2CCCC(c3ncc(-c4ccccc4)[nH]3)C2)nc1Nc1cc(C)ns1. The van der Waals surface area contributed by atoms with Gasteiger partial charge in [-0.05, 0) is 42.9 Å². The van der Waals surface area contributed by atoms with Crippen molar-refractivity contribution in [2.75, 3.05) is 23.3 Å². The molecule has 8 nitrogen and oxygen atoms in total. The van der Waals surface area contributed by atoms with Gasteiger partial charge >= 0.3 is 5.82 Å². The van der Waals surface area contributed by atoms with Crippen LogP contribution in [0, 0.1) is 13.5 Å². The van der Waals surface area contributed by atoms with Crippen LogP contribution in [0.15, 0.2) is 48.8 Å². The van der Waals surface area contributed by atoms with E-state index in [1.54, 1.807) is 6.20 Å². The Kier molecular flexibility index (Phi) is 5.52. The topological polar surface area (TPSA) is 87.0 Å². The molecule has 0 bridgehead atoms. The number of nitrogens with one attached hydrogen (secondary N) is 2. The molecule has 0 spiro atoms. The second-order valence-electron chi connectivity index (χ2n) is 7.80. The minimum absolute atomic E-state index is 0.256. The number of rotatable bonds is 5. The lowest BCUT2D eigenvalue weighted by molar-refractivity contribution is 0.491. The maximum atomic E-state index is 7.43. The van der Waals surface area contributed by atoms with Gasteiger partial charge in [-0.25, -0.2) is 9.97 Å². The predicted molar refractivity (Wildman–Crippen MR) is 127 cm³/mol. The van der Waals surface area contributed by atoms with Crippen molar-refractivity contribution in [3.63, 3.8) is 0 Å². The molecule has 1 aliphatic rings. The molecule has 0 aliphatic carbocycles. The fraction of sp³-hybridized carbons (Fsp3) is 0.261. The number of aromatic amines is 1. The summed E-state index contributed by atoms with van der Waals surface area (Å²) in [6.45, 7) is 11.1. The molecule has 4 aromatic rings. The van der Waals surface area contributed by atoms with Gasteiger partial charge in [0.05, 0.1) is 17.6 Å². The molecule has 0 amide bonds. The van der Waals surface area contributed by atoms with Crippen molar-refractivity contribution in [3.8, 4) is 11.3 Å². The third kappa shape index (κ3) is 4.18. The van der Waals surface area contributed by atoms with E-state index >= 15 is 0 Å². The van der Waals surface area contributed by atoms with Crippen LogP contribution in [0.25, 0.3) is 16.1 Å². The number of aromatic nitrogens is 5. The van der Waals surface area contributed by atoms with Gasteiger partial charge in [0, 0.05) is 19.0 Å². The summed E-state index contributed by atoms with van der Waals surface area (Å²) in [5, 5.41) is 4.06. The van der Waals surface area contributed by atoms with E-state index in [4.69, 9.17) is 11.6 Å². The van der Waals surface area contributed by atoms with Crippen LogP contribution in [-0.4, -0.2) is 37.4 Å². The van der Waals surface area contributed by atoms with Gasteiger partial charge in [0.2, 0.25) is 0 Å². The van der Waals surface area contributed by atoms with Gasteiger partial charge in [0.1, 0.15) is 10.8 Å². The van der Waals surface area contributed by atoms with Crippen LogP contribution in [0.1, 0.15) is 30.3 Å². The zero-order valence-corrected chi connectivity index (χ0v) is 18.4.